The second-order valence-corrected chi connectivity index (χ2v) is 7.05. The summed E-state index contributed by atoms with van der Waals surface area (Å²) in [5.74, 6) is -0.576. The first-order valence-electron chi connectivity index (χ1n) is 8.32. The Labute approximate surface area is 162 Å². The van der Waals surface area contributed by atoms with E-state index < -0.39 is 0 Å². The summed E-state index contributed by atoms with van der Waals surface area (Å²) < 4.78 is 14.5. The van der Waals surface area contributed by atoms with E-state index in [1.807, 2.05) is 6.92 Å². The predicted octanol–water partition coefficient (Wildman–Crippen LogP) is 5.82. The van der Waals surface area contributed by atoms with Gasteiger partial charge in [-0.25, -0.2) is 4.39 Å². The van der Waals surface area contributed by atoms with E-state index in [9.17, 15) is 9.18 Å². The van der Waals surface area contributed by atoms with E-state index >= 15 is 0 Å². The highest BCUT2D eigenvalue weighted by molar-refractivity contribution is 6.36. The smallest absolute Gasteiger partial charge is 0.251 e. The molecule has 1 N–H and O–H groups in total. The second-order valence-electron chi connectivity index (χ2n) is 6.21. The van der Waals surface area contributed by atoms with Crippen LogP contribution in [0.25, 0.3) is 16.7 Å². The molecule has 0 aliphatic carbocycles. The van der Waals surface area contributed by atoms with Crippen LogP contribution >= 0.6 is 23.2 Å². The highest BCUT2D eigenvalue weighted by Crippen LogP contribution is 2.38. The zero-order valence-corrected chi connectivity index (χ0v) is 15.8. The van der Waals surface area contributed by atoms with Crippen LogP contribution < -0.4 is 5.32 Å². The van der Waals surface area contributed by atoms with Gasteiger partial charge in [0, 0.05) is 27.7 Å². The third-order valence-electron chi connectivity index (χ3n) is 4.58. The summed E-state index contributed by atoms with van der Waals surface area (Å²) in [7, 11) is 0. The minimum Gasteiger partial charge on any atom is -0.352 e. The van der Waals surface area contributed by atoms with Crippen molar-refractivity contribution in [3.63, 3.8) is 0 Å². The molecule has 1 heterocycles. The van der Waals surface area contributed by atoms with Crippen LogP contribution in [-0.2, 0) is 11.2 Å². The van der Waals surface area contributed by atoms with Crippen LogP contribution in [0.15, 0.2) is 48.6 Å². The maximum absolute atomic E-state index is 14.5. The molecule has 5 heteroatoms. The molecule has 2 nitrogen and oxygen atoms in total. The fraction of sp³-hybridized carbons (Fsp3) is 0.190. The van der Waals surface area contributed by atoms with Crippen molar-refractivity contribution in [1.82, 2.24) is 5.32 Å². The van der Waals surface area contributed by atoms with Gasteiger partial charge in [0.1, 0.15) is 5.82 Å². The molecule has 0 saturated carbocycles. The zero-order chi connectivity index (χ0) is 18.8. The molecule has 3 rings (SSSR count). The van der Waals surface area contributed by atoms with E-state index in [1.165, 1.54) is 18.2 Å². The number of carbonyl (C=O) groups excluding carboxylic acids is 1. The maximum Gasteiger partial charge on any atom is 0.251 e. The Morgan fingerprint density at radius 2 is 1.88 bits per heavy atom. The predicted molar refractivity (Wildman–Crippen MR) is 106 cm³/mol. The molecule has 1 amide bonds. The molecule has 0 atom stereocenters. The van der Waals surface area contributed by atoms with E-state index in [0.29, 0.717) is 39.7 Å². The molecular formula is C21H18Cl2FNO. The molecule has 0 radical (unpaired) electrons. The Balaban J connectivity index is 2.32. The third kappa shape index (κ3) is 3.55. The van der Waals surface area contributed by atoms with Crippen LogP contribution in [0.5, 0.6) is 0 Å². The first kappa shape index (κ1) is 18.7. The third-order valence-corrected chi connectivity index (χ3v) is 5.13. The molecule has 1 aliphatic rings. The van der Waals surface area contributed by atoms with E-state index in [4.69, 9.17) is 23.2 Å². The van der Waals surface area contributed by atoms with Gasteiger partial charge in [-0.15, -0.1) is 0 Å². The molecule has 134 valence electrons. The van der Waals surface area contributed by atoms with E-state index in [0.717, 1.165) is 23.1 Å². The summed E-state index contributed by atoms with van der Waals surface area (Å²) in [6, 6.07) is 8.14. The number of carbonyl (C=O) groups is 1. The Bertz CT molecular complexity index is 934. The number of hydrogen-bond acceptors (Lipinski definition) is 1. The summed E-state index contributed by atoms with van der Waals surface area (Å²) in [6.45, 7) is 6.09. The topological polar surface area (TPSA) is 29.1 Å². The first-order chi connectivity index (χ1) is 12.4. The maximum atomic E-state index is 14.5. The van der Waals surface area contributed by atoms with Crippen LogP contribution in [0.4, 0.5) is 4.39 Å². The van der Waals surface area contributed by atoms with Crippen molar-refractivity contribution in [3.8, 4) is 11.1 Å². The van der Waals surface area contributed by atoms with Gasteiger partial charge < -0.3 is 5.32 Å². The van der Waals surface area contributed by atoms with Crippen molar-refractivity contribution in [1.29, 1.82) is 0 Å². The number of allylic oxidation sites excluding steroid dienone is 1. The van der Waals surface area contributed by atoms with E-state index in [1.54, 1.807) is 18.2 Å². The monoisotopic (exact) mass is 389 g/mol. The zero-order valence-electron chi connectivity index (χ0n) is 14.3. The lowest BCUT2D eigenvalue weighted by atomic mass is 9.88. The SMILES string of the molecule is C=C/C1=C(/C)c2cc(F)cc(-c3ccc(Cl)cc3Cl)c2CCCNC1=O. The van der Waals surface area contributed by atoms with Crippen molar-refractivity contribution in [2.75, 3.05) is 6.54 Å². The van der Waals surface area contributed by atoms with Crippen molar-refractivity contribution in [2.45, 2.75) is 19.8 Å². The van der Waals surface area contributed by atoms with Gasteiger partial charge in [0.2, 0.25) is 0 Å². The van der Waals surface area contributed by atoms with Crippen molar-refractivity contribution < 1.29 is 9.18 Å². The number of hydrogen-bond donors (Lipinski definition) is 1. The highest BCUT2D eigenvalue weighted by atomic mass is 35.5. The molecule has 2 aromatic carbocycles. The van der Waals surface area contributed by atoms with Gasteiger partial charge in [-0.05, 0) is 66.3 Å². The van der Waals surface area contributed by atoms with E-state index in [-0.39, 0.29) is 11.7 Å². The van der Waals surface area contributed by atoms with Crippen LogP contribution in [0, 0.1) is 5.82 Å². The molecule has 0 spiro atoms. The minimum atomic E-state index is -0.382. The average molecular weight is 390 g/mol. The number of amides is 1. The largest absolute Gasteiger partial charge is 0.352 e. The fourth-order valence-electron chi connectivity index (χ4n) is 3.31. The van der Waals surface area contributed by atoms with Gasteiger partial charge in [0.05, 0.1) is 0 Å². The van der Waals surface area contributed by atoms with Crippen molar-refractivity contribution in [3.05, 3.63) is 75.5 Å². The van der Waals surface area contributed by atoms with Gasteiger partial charge in [-0.1, -0.05) is 41.9 Å². The lowest BCUT2D eigenvalue weighted by Crippen LogP contribution is -2.25. The lowest BCUT2D eigenvalue weighted by molar-refractivity contribution is -0.117. The second kappa shape index (κ2) is 7.65. The molecule has 0 saturated heterocycles. The number of benzene rings is 2. The summed E-state index contributed by atoms with van der Waals surface area (Å²) in [5, 5.41) is 3.86. The summed E-state index contributed by atoms with van der Waals surface area (Å²) in [5.41, 5.74) is 4.26. The molecule has 26 heavy (non-hydrogen) atoms. The highest BCUT2D eigenvalue weighted by Gasteiger charge is 2.20. The van der Waals surface area contributed by atoms with Gasteiger partial charge in [0.15, 0.2) is 0 Å². The molecule has 0 aromatic heterocycles. The van der Waals surface area contributed by atoms with E-state index in [2.05, 4.69) is 11.9 Å². The standard InChI is InChI=1S/C21H18Cl2FNO/c1-3-15-12(2)18-10-14(24)11-19(16(18)5-4-8-25-21(15)26)17-7-6-13(22)9-20(17)23/h3,6-7,9-11H,1,4-5,8H2,2H3,(H,25,26)/b15-12+. The van der Waals surface area contributed by atoms with Crippen LogP contribution in [-0.4, -0.2) is 12.5 Å². The molecule has 1 aliphatic heterocycles. The summed E-state index contributed by atoms with van der Waals surface area (Å²) in [4.78, 5) is 12.3. The van der Waals surface area contributed by atoms with Crippen LogP contribution in [0.1, 0.15) is 24.5 Å². The van der Waals surface area contributed by atoms with Gasteiger partial charge in [-0.3, -0.25) is 4.79 Å². The summed E-state index contributed by atoms with van der Waals surface area (Å²) in [6.07, 6.45) is 2.94. The lowest BCUT2D eigenvalue weighted by Gasteiger charge is -2.17. The quantitative estimate of drug-likeness (QED) is 0.688. The Morgan fingerprint density at radius 1 is 1.15 bits per heavy atom. The number of fused-ring (bicyclic) bond motifs is 1. The fourth-order valence-corrected chi connectivity index (χ4v) is 3.82. The van der Waals surface area contributed by atoms with Gasteiger partial charge in [-0.2, -0.15) is 0 Å². The first-order valence-corrected chi connectivity index (χ1v) is 9.07. The number of nitrogens with one attached hydrogen (secondary N) is 1. The Hall–Kier alpha value is -2.10. The normalized spacial score (nSPS) is 17.6. The summed E-state index contributed by atoms with van der Waals surface area (Å²) >= 11 is 12.4. The molecule has 0 unspecified atom stereocenters. The van der Waals surface area contributed by atoms with Crippen LogP contribution in [0.3, 0.4) is 0 Å². The minimum absolute atomic E-state index is 0.194. The molecule has 0 bridgehead atoms. The number of rotatable bonds is 2. The molecular weight excluding hydrogens is 372 g/mol. The van der Waals surface area contributed by atoms with Crippen molar-refractivity contribution >= 4 is 34.7 Å². The number of halogens is 3. The Kier molecular flexibility index (Phi) is 5.49. The molecule has 2 aromatic rings. The van der Waals surface area contributed by atoms with Crippen molar-refractivity contribution in [2.24, 2.45) is 0 Å². The van der Waals surface area contributed by atoms with Gasteiger partial charge >= 0.3 is 0 Å². The average Bonchev–Trinajstić information content (AvgIpc) is 2.64. The molecule has 0 fully saturated rings. The Morgan fingerprint density at radius 3 is 2.58 bits per heavy atom. The van der Waals surface area contributed by atoms with Gasteiger partial charge in [0.25, 0.3) is 5.91 Å². The van der Waals surface area contributed by atoms with Crippen LogP contribution in [0.2, 0.25) is 10.0 Å².